The van der Waals surface area contributed by atoms with Crippen molar-refractivity contribution < 1.29 is 4.79 Å². The second kappa shape index (κ2) is 6.15. The molecule has 17 heavy (non-hydrogen) atoms. The number of rotatable bonds is 5. The lowest BCUT2D eigenvalue weighted by atomic mass is 10.1. The first kappa shape index (κ1) is 11.8. The average Bonchev–Trinajstić information content (AvgIpc) is 2.89. The lowest BCUT2D eigenvalue weighted by Crippen LogP contribution is -2.24. The molecular weight excluding hydrogens is 232 g/mol. The van der Waals surface area contributed by atoms with Crippen LogP contribution in [0.2, 0.25) is 0 Å². The standard InChI is InChI=1S/C13H14N2OS/c16-13(12-9-17-10-15-12)14-8-4-7-11-5-2-1-3-6-11/h1-3,5-6,9-10H,4,7-8H2,(H,14,16). The number of hydrogen-bond acceptors (Lipinski definition) is 3. The Balaban J connectivity index is 1.69. The minimum atomic E-state index is -0.0840. The Morgan fingerprint density at radius 2 is 2.12 bits per heavy atom. The molecule has 1 amide bonds. The van der Waals surface area contributed by atoms with E-state index in [4.69, 9.17) is 0 Å². The fourth-order valence-corrected chi connectivity index (χ4v) is 2.09. The van der Waals surface area contributed by atoms with E-state index in [1.807, 2.05) is 18.2 Å². The highest BCUT2D eigenvalue weighted by molar-refractivity contribution is 7.07. The number of nitrogens with zero attached hydrogens (tertiary/aromatic N) is 1. The number of amides is 1. The van der Waals surface area contributed by atoms with Gasteiger partial charge in [0.05, 0.1) is 5.51 Å². The fourth-order valence-electron chi connectivity index (χ4n) is 1.55. The maximum Gasteiger partial charge on any atom is 0.270 e. The van der Waals surface area contributed by atoms with Gasteiger partial charge in [-0.1, -0.05) is 30.3 Å². The van der Waals surface area contributed by atoms with Crippen LogP contribution in [0.4, 0.5) is 0 Å². The summed E-state index contributed by atoms with van der Waals surface area (Å²) in [7, 11) is 0. The summed E-state index contributed by atoms with van der Waals surface area (Å²) in [5.74, 6) is -0.0840. The molecule has 1 aromatic heterocycles. The van der Waals surface area contributed by atoms with Crippen LogP contribution >= 0.6 is 11.3 Å². The van der Waals surface area contributed by atoms with E-state index in [-0.39, 0.29) is 5.91 Å². The van der Waals surface area contributed by atoms with Crippen molar-refractivity contribution in [2.75, 3.05) is 6.54 Å². The van der Waals surface area contributed by atoms with Crippen LogP contribution in [-0.2, 0) is 6.42 Å². The van der Waals surface area contributed by atoms with Gasteiger partial charge in [-0.2, -0.15) is 0 Å². The number of hydrogen-bond donors (Lipinski definition) is 1. The summed E-state index contributed by atoms with van der Waals surface area (Å²) in [6.07, 6.45) is 1.93. The molecule has 2 rings (SSSR count). The summed E-state index contributed by atoms with van der Waals surface area (Å²) < 4.78 is 0. The molecule has 1 heterocycles. The summed E-state index contributed by atoms with van der Waals surface area (Å²) in [5.41, 5.74) is 3.48. The monoisotopic (exact) mass is 246 g/mol. The van der Waals surface area contributed by atoms with Crippen molar-refractivity contribution in [2.24, 2.45) is 0 Å². The van der Waals surface area contributed by atoms with Crippen molar-refractivity contribution in [2.45, 2.75) is 12.8 Å². The van der Waals surface area contributed by atoms with E-state index in [2.05, 4.69) is 22.4 Å². The highest BCUT2D eigenvalue weighted by Crippen LogP contribution is 2.02. The number of carbonyl (C=O) groups is 1. The number of aryl methyl sites for hydroxylation is 1. The van der Waals surface area contributed by atoms with Crippen LogP contribution in [0.15, 0.2) is 41.2 Å². The average molecular weight is 246 g/mol. The van der Waals surface area contributed by atoms with E-state index in [0.717, 1.165) is 12.8 Å². The van der Waals surface area contributed by atoms with Gasteiger partial charge < -0.3 is 5.32 Å². The number of thiazole rings is 1. The molecule has 0 radical (unpaired) electrons. The molecule has 0 atom stereocenters. The molecule has 3 nitrogen and oxygen atoms in total. The van der Waals surface area contributed by atoms with Crippen LogP contribution in [0.1, 0.15) is 22.5 Å². The van der Waals surface area contributed by atoms with E-state index in [1.165, 1.54) is 16.9 Å². The van der Waals surface area contributed by atoms with Crippen molar-refractivity contribution in [3.63, 3.8) is 0 Å². The van der Waals surface area contributed by atoms with E-state index in [9.17, 15) is 4.79 Å². The Kier molecular flexibility index (Phi) is 4.27. The van der Waals surface area contributed by atoms with Gasteiger partial charge in [-0.05, 0) is 18.4 Å². The summed E-state index contributed by atoms with van der Waals surface area (Å²) in [4.78, 5) is 15.5. The van der Waals surface area contributed by atoms with Gasteiger partial charge in [0.1, 0.15) is 5.69 Å². The molecule has 0 spiro atoms. The molecule has 2 aromatic rings. The molecule has 1 N–H and O–H groups in total. The molecule has 0 aliphatic heterocycles. The first-order valence-electron chi connectivity index (χ1n) is 5.56. The Labute approximate surface area is 105 Å². The third kappa shape index (κ3) is 3.67. The quantitative estimate of drug-likeness (QED) is 0.824. The molecule has 0 bridgehead atoms. The zero-order valence-electron chi connectivity index (χ0n) is 9.43. The number of nitrogens with one attached hydrogen (secondary N) is 1. The highest BCUT2D eigenvalue weighted by Gasteiger charge is 2.05. The van der Waals surface area contributed by atoms with Gasteiger partial charge in [-0.25, -0.2) is 4.98 Å². The van der Waals surface area contributed by atoms with Crippen molar-refractivity contribution in [1.29, 1.82) is 0 Å². The minimum Gasteiger partial charge on any atom is -0.351 e. The van der Waals surface area contributed by atoms with Gasteiger partial charge in [0.25, 0.3) is 5.91 Å². The lowest BCUT2D eigenvalue weighted by Gasteiger charge is -2.03. The van der Waals surface area contributed by atoms with Crippen molar-refractivity contribution in [3.8, 4) is 0 Å². The highest BCUT2D eigenvalue weighted by atomic mass is 32.1. The normalized spacial score (nSPS) is 10.1. The molecule has 0 unspecified atom stereocenters. The van der Waals surface area contributed by atoms with Gasteiger partial charge in [-0.3, -0.25) is 4.79 Å². The van der Waals surface area contributed by atoms with Crippen LogP contribution in [0, 0.1) is 0 Å². The Bertz CT molecular complexity index is 454. The Hall–Kier alpha value is -1.68. The number of benzene rings is 1. The van der Waals surface area contributed by atoms with Crippen molar-refractivity contribution in [3.05, 3.63) is 52.5 Å². The number of aromatic nitrogens is 1. The Morgan fingerprint density at radius 3 is 2.82 bits per heavy atom. The van der Waals surface area contributed by atoms with Gasteiger partial charge in [0, 0.05) is 11.9 Å². The second-order valence-corrected chi connectivity index (χ2v) is 4.44. The van der Waals surface area contributed by atoms with E-state index in [1.54, 1.807) is 10.9 Å². The zero-order chi connectivity index (χ0) is 11.9. The predicted molar refractivity (Wildman–Crippen MR) is 69.2 cm³/mol. The summed E-state index contributed by atoms with van der Waals surface area (Å²) >= 11 is 1.43. The largest absolute Gasteiger partial charge is 0.351 e. The third-order valence-electron chi connectivity index (χ3n) is 2.44. The zero-order valence-corrected chi connectivity index (χ0v) is 10.2. The third-order valence-corrected chi connectivity index (χ3v) is 3.02. The maximum absolute atomic E-state index is 11.6. The molecule has 0 saturated carbocycles. The summed E-state index contributed by atoms with van der Waals surface area (Å²) in [6, 6.07) is 10.3. The summed E-state index contributed by atoms with van der Waals surface area (Å²) in [5, 5.41) is 4.62. The van der Waals surface area contributed by atoms with Gasteiger partial charge >= 0.3 is 0 Å². The van der Waals surface area contributed by atoms with E-state index >= 15 is 0 Å². The topological polar surface area (TPSA) is 42.0 Å². The van der Waals surface area contributed by atoms with Crippen molar-refractivity contribution in [1.82, 2.24) is 10.3 Å². The van der Waals surface area contributed by atoms with Gasteiger partial charge in [0.2, 0.25) is 0 Å². The van der Waals surface area contributed by atoms with E-state index in [0.29, 0.717) is 12.2 Å². The molecule has 0 saturated heterocycles. The van der Waals surface area contributed by atoms with Gasteiger partial charge in [-0.15, -0.1) is 11.3 Å². The van der Waals surface area contributed by atoms with Crippen LogP contribution in [0.3, 0.4) is 0 Å². The van der Waals surface area contributed by atoms with Gasteiger partial charge in [0.15, 0.2) is 0 Å². The molecule has 0 aliphatic carbocycles. The Morgan fingerprint density at radius 1 is 1.29 bits per heavy atom. The minimum absolute atomic E-state index is 0.0840. The van der Waals surface area contributed by atoms with Crippen LogP contribution in [0.5, 0.6) is 0 Å². The summed E-state index contributed by atoms with van der Waals surface area (Å²) in [6.45, 7) is 0.686. The maximum atomic E-state index is 11.6. The molecular formula is C13H14N2OS. The van der Waals surface area contributed by atoms with Crippen LogP contribution in [-0.4, -0.2) is 17.4 Å². The van der Waals surface area contributed by atoms with Crippen LogP contribution in [0.25, 0.3) is 0 Å². The second-order valence-electron chi connectivity index (χ2n) is 3.72. The first-order chi connectivity index (χ1) is 8.36. The van der Waals surface area contributed by atoms with Crippen molar-refractivity contribution >= 4 is 17.2 Å². The lowest BCUT2D eigenvalue weighted by molar-refractivity contribution is 0.0949. The molecule has 88 valence electrons. The SMILES string of the molecule is O=C(NCCCc1ccccc1)c1cscn1. The number of carbonyl (C=O) groups excluding carboxylic acids is 1. The predicted octanol–water partition coefficient (Wildman–Crippen LogP) is 2.51. The molecule has 1 aromatic carbocycles. The fraction of sp³-hybridized carbons (Fsp3) is 0.231. The molecule has 0 fully saturated rings. The van der Waals surface area contributed by atoms with E-state index < -0.39 is 0 Å². The van der Waals surface area contributed by atoms with Crippen LogP contribution < -0.4 is 5.32 Å². The molecule has 4 heteroatoms. The molecule has 0 aliphatic rings. The smallest absolute Gasteiger partial charge is 0.270 e. The first-order valence-corrected chi connectivity index (χ1v) is 6.51.